The van der Waals surface area contributed by atoms with E-state index in [1.165, 1.54) is 64.2 Å². The van der Waals surface area contributed by atoms with Crippen LogP contribution < -0.4 is 0 Å². The van der Waals surface area contributed by atoms with E-state index >= 15 is 0 Å². The number of hydrogen-bond acceptors (Lipinski definition) is 0. The van der Waals surface area contributed by atoms with Crippen molar-refractivity contribution in [3.05, 3.63) is 6.42 Å². The molecule has 0 amide bonds. The van der Waals surface area contributed by atoms with E-state index in [0.29, 0.717) is 0 Å². The minimum Gasteiger partial charge on any atom is -0.0533 e. The van der Waals surface area contributed by atoms with Gasteiger partial charge < -0.3 is 0 Å². The molecule has 74 valence electrons. The number of rotatable bonds is 0. The molecule has 2 unspecified atom stereocenters. The second-order valence-corrected chi connectivity index (χ2v) is 4.81. The molecule has 0 aromatic rings. The van der Waals surface area contributed by atoms with Crippen molar-refractivity contribution in [2.75, 3.05) is 0 Å². The molecule has 0 heterocycles. The summed E-state index contributed by atoms with van der Waals surface area (Å²) in [6.07, 6.45) is 18.3. The lowest BCUT2D eigenvalue weighted by molar-refractivity contribution is 0.247. The summed E-state index contributed by atoms with van der Waals surface area (Å²) in [7, 11) is 0. The van der Waals surface area contributed by atoms with Gasteiger partial charge in [0.25, 0.3) is 0 Å². The van der Waals surface area contributed by atoms with Gasteiger partial charge in [-0.25, -0.2) is 0 Å². The first-order chi connectivity index (χ1) is 6.47. The van der Waals surface area contributed by atoms with Gasteiger partial charge in [-0.2, -0.15) is 0 Å². The van der Waals surface area contributed by atoms with Gasteiger partial charge in [0.2, 0.25) is 0 Å². The minimum absolute atomic E-state index is 0.881. The zero-order chi connectivity index (χ0) is 8.93. The van der Waals surface area contributed by atoms with Crippen LogP contribution in [0.25, 0.3) is 0 Å². The van der Waals surface area contributed by atoms with Crippen molar-refractivity contribution in [1.82, 2.24) is 0 Å². The molecule has 0 aromatic heterocycles. The lowest BCUT2D eigenvalue weighted by Crippen LogP contribution is -2.19. The number of fused-ring (bicyclic) bond motifs is 1. The summed E-state index contributed by atoms with van der Waals surface area (Å²) in [4.78, 5) is 0. The lowest BCUT2D eigenvalue weighted by atomic mass is 9.75. The zero-order valence-corrected chi connectivity index (χ0v) is 8.73. The standard InChI is InChI=1S/C13H22/c1-2-4-8-12-10-6-7-11-13(12)9-5-3-1/h12-13H,1-8,10-11H2. The topological polar surface area (TPSA) is 0 Å². The van der Waals surface area contributed by atoms with Gasteiger partial charge in [-0.05, 0) is 31.1 Å². The van der Waals surface area contributed by atoms with E-state index in [1.54, 1.807) is 0 Å². The van der Waals surface area contributed by atoms with Gasteiger partial charge in [0.15, 0.2) is 0 Å². The Bertz CT molecular complexity index is 123. The van der Waals surface area contributed by atoms with Gasteiger partial charge in [0, 0.05) is 0 Å². The van der Waals surface area contributed by atoms with Crippen LogP contribution in [0.4, 0.5) is 0 Å². The fourth-order valence-electron chi connectivity index (χ4n) is 2.99. The molecule has 0 saturated heterocycles. The largest absolute Gasteiger partial charge is 0.0533 e. The second kappa shape index (κ2) is 5.02. The van der Waals surface area contributed by atoms with Crippen molar-refractivity contribution < 1.29 is 0 Å². The van der Waals surface area contributed by atoms with E-state index in [2.05, 4.69) is 6.42 Å². The monoisotopic (exact) mass is 178 g/mol. The van der Waals surface area contributed by atoms with Crippen molar-refractivity contribution in [3.8, 4) is 0 Å². The summed E-state index contributed by atoms with van der Waals surface area (Å²) >= 11 is 0. The van der Waals surface area contributed by atoms with Crippen LogP contribution in [-0.4, -0.2) is 0 Å². The third kappa shape index (κ3) is 2.72. The van der Waals surface area contributed by atoms with Crippen LogP contribution in [0, 0.1) is 18.3 Å². The summed E-state index contributed by atoms with van der Waals surface area (Å²) in [5.41, 5.74) is 0. The summed E-state index contributed by atoms with van der Waals surface area (Å²) in [5, 5.41) is 0. The molecule has 0 aromatic carbocycles. The highest BCUT2D eigenvalue weighted by molar-refractivity contribution is 4.86. The summed E-state index contributed by atoms with van der Waals surface area (Å²) in [6, 6.07) is 0. The highest BCUT2D eigenvalue weighted by Gasteiger charge is 2.25. The first-order valence-corrected chi connectivity index (χ1v) is 6.20. The highest BCUT2D eigenvalue weighted by Crippen LogP contribution is 2.37. The fourth-order valence-corrected chi connectivity index (χ4v) is 2.99. The Morgan fingerprint density at radius 2 is 1.38 bits per heavy atom. The Balaban J connectivity index is 1.88. The van der Waals surface area contributed by atoms with Crippen LogP contribution in [-0.2, 0) is 0 Å². The molecule has 2 radical (unpaired) electrons. The maximum Gasteiger partial charge on any atom is -0.0137 e. The van der Waals surface area contributed by atoms with Gasteiger partial charge in [-0.15, -0.1) is 0 Å². The van der Waals surface area contributed by atoms with Crippen molar-refractivity contribution in [1.29, 1.82) is 0 Å². The molecule has 0 bridgehead atoms. The summed E-state index contributed by atoms with van der Waals surface area (Å²) in [6.45, 7) is 0. The zero-order valence-electron chi connectivity index (χ0n) is 8.73. The van der Waals surface area contributed by atoms with Gasteiger partial charge in [-0.1, -0.05) is 51.4 Å². The Labute approximate surface area is 83.1 Å². The van der Waals surface area contributed by atoms with E-state index in [1.807, 2.05) is 0 Å². The summed E-state index contributed by atoms with van der Waals surface area (Å²) < 4.78 is 0. The van der Waals surface area contributed by atoms with Gasteiger partial charge in [0.1, 0.15) is 0 Å². The normalized spacial score (nSPS) is 36.9. The average Bonchev–Trinajstić information content (AvgIpc) is 2.28. The lowest BCUT2D eigenvalue weighted by Gasteiger charge is -2.30. The maximum atomic E-state index is 3.76. The van der Waals surface area contributed by atoms with Crippen LogP contribution in [0.3, 0.4) is 0 Å². The molecule has 2 saturated carbocycles. The molecular weight excluding hydrogens is 156 g/mol. The van der Waals surface area contributed by atoms with E-state index in [-0.39, 0.29) is 0 Å². The van der Waals surface area contributed by atoms with E-state index in [9.17, 15) is 0 Å². The first kappa shape index (κ1) is 9.55. The van der Waals surface area contributed by atoms with Crippen molar-refractivity contribution in [3.63, 3.8) is 0 Å². The van der Waals surface area contributed by atoms with Crippen LogP contribution in [0.5, 0.6) is 0 Å². The third-order valence-corrected chi connectivity index (χ3v) is 3.82. The van der Waals surface area contributed by atoms with E-state index < -0.39 is 0 Å². The third-order valence-electron chi connectivity index (χ3n) is 3.82. The van der Waals surface area contributed by atoms with Crippen LogP contribution in [0.15, 0.2) is 0 Å². The minimum atomic E-state index is 0.881. The van der Waals surface area contributed by atoms with Crippen LogP contribution in [0.1, 0.15) is 64.2 Å². The SMILES string of the molecule is [C]1CCCCCCC2CCCCC12. The second-order valence-electron chi connectivity index (χ2n) is 4.81. The molecule has 0 N–H and O–H groups in total. The smallest absolute Gasteiger partial charge is 0.0137 e. The molecule has 2 aliphatic carbocycles. The molecule has 2 fully saturated rings. The van der Waals surface area contributed by atoms with Gasteiger partial charge >= 0.3 is 0 Å². The summed E-state index contributed by atoms with van der Waals surface area (Å²) in [5.74, 6) is 1.90. The Morgan fingerprint density at radius 3 is 2.31 bits per heavy atom. The Hall–Kier alpha value is 0. The van der Waals surface area contributed by atoms with E-state index in [0.717, 1.165) is 11.8 Å². The van der Waals surface area contributed by atoms with Gasteiger partial charge in [0.05, 0.1) is 0 Å². The molecule has 2 atom stereocenters. The molecule has 0 heteroatoms. The van der Waals surface area contributed by atoms with E-state index in [4.69, 9.17) is 0 Å². The molecule has 0 nitrogen and oxygen atoms in total. The van der Waals surface area contributed by atoms with Crippen LogP contribution in [0.2, 0.25) is 0 Å². The predicted molar refractivity (Wildman–Crippen MR) is 56.4 cm³/mol. The fraction of sp³-hybridized carbons (Fsp3) is 0.923. The predicted octanol–water partition coefficient (Wildman–Crippen LogP) is 4.23. The highest BCUT2D eigenvalue weighted by atomic mass is 14.3. The molecule has 0 aliphatic heterocycles. The van der Waals surface area contributed by atoms with Crippen molar-refractivity contribution in [2.45, 2.75) is 64.2 Å². The van der Waals surface area contributed by atoms with Crippen LogP contribution >= 0.6 is 0 Å². The average molecular weight is 178 g/mol. The molecule has 0 spiro atoms. The van der Waals surface area contributed by atoms with Crippen molar-refractivity contribution in [2.24, 2.45) is 11.8 Å². The maximum absolute atomic E-state index is 3.76. The molecular formula is C13H22. The molecule has 2 aliphatic rings. The quantitative estimate of drug-likeness (QED) is 0.521. The molecule has 2 rings (SSSR count). The Kier molecular flexibility index (Phi) is 3.69. The van der Waals surface area contributed by atoms with Crippen molar-refractivity contribution >= 4 is 0 Å². The molecule has 13 heavy (non-hydrogen) atoms. The number of hydrogen-bond donors (Lipinski definition) is 0. The Morgan fingerprint density at radius 1 is 0.692 bits per heavy atom. The van der Waals surface area contributed by atoms with Gasteiger partial charge in [-0.3, -0.25) is 0 Å². The first-order valence-electron chi connectivity index (χ1n) is 6.20.